The Morgan fingerprint density at radius 2 is 1.50 bits per heavy atom. The Balaban J connectivity index is 1.74. The van der Waals surface area contributed by atoms with Crippen LogP contribution in [0.15, 0.2) is 42.5 Å². The van der Waals surface area contributed by atoms with Crippen molar-refractivity contribution in [1.29, 1.82) is 0 Å². The van der Waals surface area contributed by atoms with Gasteiger partial charge in [0.1, 0.15) is 6.04 Å². The van der Waals surface area contributed by atoms with E-state index in [1.807, 2.05) is 26.0 Å². The van der Waals surface area contributed by atoms with Crippen LogP contribution in [0.3, 0.4) is 0 Å². The summed E-state index contributed by atoms with van der Waals surface area (Å²) in [5.41, 5.74) is 2.70. The molecule has 2 aromatic rings. The molecule has 6 nitrogen and oxygen atoms in total. The molecule has 0 bridgehead atoms. The number of amides is 2. The van der Waals surface area contributed by atoms with Crippen molar-refractivity contribution in [2.24, 2.45) is 0 Å². The summed E-state index contributed by atoms with van der Waals surface area (Å²) in [6.07, 6.45) is -1.04. The summed E-state index contributed by atoms with van der Waals surface area (Å²) in [4.78, 5) is 51.1. The lowest BCUT2D eigenvalue weighted by Crippen LogP contribution is -2.45. The Morgan fingerprint density at radius 1 is 0.929 bits per heavy atom. The van der Waals surface area contributed by atoms with Crippen LogP contribution in [0, 0.1) is 13.8 Å². The predicted octanol–water partition coefficient (Wildman–Crippen LogP) is 3.10. The highest BCUT2D eigenvalue weighted by Gasteiger charge is 2.41. The second-order valence-corrected chi connectivity index (χ2v) is 6.96. The minimum absolute atomic E-state index is 0.256. The molecular weight excluding hydrogens is 358 g/mol. The first-order valence-corrected chi connectivity index (χ1v) is 9.01. The van der Waals surface area contributed by atoms with E-state index in [0.29, 0.717) is 5.56 Å². The molecule has 0 radical (unpaired) electrons. The normalized spacial score (nSPS) is 15.2. The number of benzene rings is 2. The molecule has 0 fully saturated rings. The lowest BCUT2D eigenvalue weighted by molar-refractivity contribution is -0.150. The van der Waals surface area contributed by atoms with Gasteiger partial charge in [0, 0.05) is 5.56 Å². The summed E-state index contributed by atoms with van der Waals surface area (Å²) in [6.45, 7) is 6.58. The van der Waals surface area contributed by atoms with Crippen LogP contribution in [0.25, 0.3) is 0 Å². The van der Waals surface area contributed by atoms with E-state index >= 15 is 0 Å². The third kappa shape index (κ3) is 3.33. The number of Topliss-reactive ketones (excluding diaryl/α,β-unsaturated/α-hetero) is 1. The largest absolute Gasteiger partial charge is 0.453 e. The molecular formula is C22H21NO5. The van der Waals surface area contributed by atoms with E-state index in [1.54, 1.807) is 30.3 Å². The fourth-order valence-corrected chi connectivity index (χ4v) is 3.21. The monoisotopic (exact) mass is 379 g/mol. The van der Waals surface area contributed by atoms with Crippen LogP contribution >= 0.6 is 0 Å². The molecule has 6 heteroatoms. The summed E-state index contributed by atoms with van der Waals surface area (Å²) >= 11 is 0. The Kier molecular flexibility index (Phi) is 5.14. The molecule has 144 valence electrons. The van der Waals surface area contributed by atoms with Gasteiger partial charge in [-0.3, -0.25) is 19.3 Å². The summed E-state index contributed by atoms with van der Waals surface area (Å²) in [7, 11) is 0. The van der Waals surface area contributed by atoms with Crippen molar-refractivity contribution in [2.75, 3.05) is 0 Å². The van der Waals surface area contributed by atoms with Gasteiger partial charge in [-0.15, -0.1) is 0 Å². The van der Waals surface area contributed by atoms with Gasteiger partial charge in [0.15, 0.2) is 6.10 Å². The summed E-state index contributed by atoms with van der Waals surface area (Å²) in [5.74, 6) is -2.22. The summed E-state index contributed by atoms with van der Waals surface area (Å²) < 4.78 is 5.30. The van der Waals surface area contributed by atoms with Crippen molar-refractivity contribution in [3.63, 3.8) is 0 Å². The SMILES string of the molecule is Cc1ccc(C)c(C(=O)[C@H](C)OC(=O)[C@H](C)N2C(=O)c3ccccc3C2=O)c1. The molecule has 0 aliphatic carbocycles. The first kappa shape index (κ1) is 19.5. The van der Waals surface area contributed by atoms with E-state index in [1.165, 1.54) is 13.8 Å². The number of aryl methyl sites for hydroxylation is 2. The van der Waals surface area contributed by atoms with E-state index in [0.717, 1.165) is 16.0 Å². The maximum atomic E-state index is 12.7. The van der Waals surface area contributed by atoms with Crippen LogP contribution in [0.5, 0.6) is 0 Å². The van der Waals surface area contributed by atoms with Gasteiger partial charge < -0.3 is 4.74 Å². The van der Waals surface area contributed by atoms with Crippen molar-refractivity contribution >= 4 is 23.6 Å². The van der Waals surface area contributed by atoms with E-state index in [4.69, 9.17) is 4.74 Å². The zero-order chi connectivity index (χ0) is 20.6. The second kappa shape index (κ2) is 7.38. The van der Waals surface area contributed by atoms with Crippen LogP contribution in [0.4, 0.5) is 0 Å². The number of hydrogen-bond donors (Lipinski definition) is 0. The number of carbonyl (C=O) groups is 4. The number of hydrogen-bond acceptors (Lipinski definition) is 5. The number of fused-ring (bicyclic) bond motifs is 1. The molecule has 0 aromatic heterocycles. The second-order valence-electron chi connectivity index (χ2n) is 6.96. The highest BCUT2D eigenvalue weighted by atomic mass is 16.5. The number of esters is 1. The molecule has 2 atom stereocenters. The van der Waals surface area contributed by atoms with Crippen LogP contribution < -0.4 is 0 Å². The maximum absolute atomic E-state index is 12.7. The molecule has 1 aliphatic rings. The zero-order valence-corrected chi connectivity index (χ0v) is 16.2. The quantitative estimate of drug-likeness (QED) is 0.453. The van der Waals surface area contributed by atoms with Crippen molar-refractivity contribution in [1.82, 2.24) is 4.90 Å². The zero-order valence-electron chi connectivity index (χ0n) is 16.2. The lowest BCUT2D eigenvalue weighted by atomic mass is 9.99. The molecule has 0 saturated heterocycles. The average Bonchev–Trinajstić information content (AvgIpc) is 2.93. The van der Waals surface area contributed by atoms with Crippen LogP contribution in [-0.2, 0) is 9.53 Å². The minimum Gasteiger partial charge on any atom is -0.453 e. The fraction of sp³-hybridized carbons (Fsp3) is 0.273. The molecule has 1 heterocycles. The maximum Gasteiger partial charge on any atom is 0.329 e. The summed E-state index contributed by atoms with van der Waals surface area (Å²) in [6, 6.07) is 10.7. The Labute approximate surface area is 163 Å². The number of imide groups is 1. The number of carbonyl (C=O) groups excluding carboxylic acids is 4. The van der Waals surface area contributed by atoms with Crippen LogP contribution in [0.1, 0.15) is 56.0 Å². The average molecular weight is 379 g/mol. The highest BCUT2D eigenvalue weighted by Crippen LogP contribution is 2.25. The van der Waals surface area contributed by atoms with Gasteiger partial charge in [-0.1, -0.05) is 29.8 Å². The van der Waals surface area contributed by atoms with Gasteiger partial charge in [0.25, 0.3) is 11.8 Å². The van der Waals surface area contributed by atoms with Gasteiger partial charge in [-0.25, -0.2) is 4.79 Å². The molecule has 0 spiro atoms. The predicted molar refractivity (Wildman–Crippen MR) is 102 cm³/mol. The molecule has 1 aliphatic heterocycles. The molecule has 0 N–H and O–H groups in total. The van der Waals surface area contributed by atoms with E-state index in [9.17, 15) is 19.2 Å². The highest BCUT2D eigenvalue weighted by molar-refractivity contribution is 6.22. The lowest BCUT2D eigenvalue weighted by Gasteiger charge is -2.23. The number of nitrogens with zero attached hydrogens (tertiary/aromatic N) is 1. The minimum atomic E-state index is -1.14. The Morgan fingerprint density at radius 3 is 2.07 bits per heavy atom. The Bertz CT molecular complexity index is 959. The topological polar surface area (TPSA) is 80.8 Å². The molecule has 2 aromatic carbocycles. The molecule has 0 unspecified atom stereocenters. The van der Waals surface area contributed by atoms with E-state index < -0.39 is 29.9 Å². The Hall–Kier alpha value is -3.28. The molecule has 3 rings (SSSR count). The van der Waals surface area contributed by atoms with Gasteiger partial charge in [-0.2, -0.15) is 0 Å². The third-order valence-electron chi connectivity index (χ3n) is 4.87. The van der Waals surface area contributed by atoms with E-state index in [2.05, 4.69) is 0 Å². The smallest absolute Gasteiger partial charge is 0.329 e. The fourth-order valence-electron chi connectivity index (χ4n) is 3.21. The summed E-state index contributed by atoms with van der Waals surface area (Å²) in [5, 5.41) is 0. The van der Waals surface area contributed by atoms with Crippen molar-refractivity contribution < 1.29 is 23.9 Å². The van der Waals surface area contributed by atoms with Crippen molar-refractivity contribution in [2.45, 2.75) is 39.8 Å². The van der Waals surface area contributed by atoms with Gasteiger partial charge in [0.05, 0.1) is 11.1 Å². The van der Waals surface area contributed by atoms with E-state index in [-0.39, 0.29) is 16.9 Å². The molecule has 2 amide bonds. The standard InChI is InChI=1S/C22H21NO5/c1-12-9-10-13(2)18(11-12)19(24)15(4)28-22(27)14(3)23-20(25)16-7-5-6-8-17(16)21(23)26/h5-11,14-15H,1-4H3/t14-,15-/m0/s1. The first-order valence-electron chi connectivity index (χ1n) is 9.01. The van der Waals surface area contributed by atoms with Gasteiger partial charge in [0.2, 0.25) is 5.78 Å². The third-order valence-corrected chi connectivity index (χ3v) is 4.87. The molecule has 0 saturated carbocycles. The number of ketones is 1. The first-order chi connectivity index (χ1) is 13.2. The van der Waals surface area contributed by atoms with Crippen LogP contribution in [-0.4, -0.2) is 40.6 Å². The number of ether oxygens (including phenoxy) is 1. The van der Waals surface area contributed by atoms with Gasteiger partial charge >= 0.3 is 5.97 Å². The molecule has 28 heavy (non-hydrogen) atoms. The van der Waals surface area contributed by atoms with Crippen LogP contribution in [0.2, 0.25) is 0 Å². The van der Waals surface area contributed by atoms with Crippen molar-refractivity contribution in [3.05, 3.63) is 70.3 Å². The van der Waals surface area contributed by atoms with Gasteiger partial charge in [-0.05, 0) is 51.5 Å². The number of rotatable bonds is 5. The van der Waals surface area contributed by atoms with Crippen molar-refractivity contribution in [3.8, 4) is 0 Å².